The Labute approximate surface area is 114 Å². The molecular weight excluding hydrogens is 326 g/mol. The molecule has 0 fully saturated rings. The molecule has 1 N–H and O–H groups in total. The number of rotatable bonds is 4. The summed E-state index contributed by atoms with van der Waals surface area (Å²) in [6, 6.07) is 0. The molecule has 0 aliphatic rings. The van der Waals surface area contributed by atoms with Gasteiger partial charge in [0.15, 0.2) is 14.4 Å². The topological polar surface area (TPSA) is 76.0 Å². The predicted molar refractivity (Wildman–Crippen MR) is 70.5 cm³/mol. The van der Waals surface area contributed by atoms with Crippen LogP contribution in [0.4, 0.5) is 0 Å². The van der Waals surface area contributed by atoms with E-state index in [2.05, 4.69) is 30.9 Å². The zero-order chi connectivity index (χ0) is 12.4. The van der Waals surface area contributed by atoms with Gasteiger partial charge in [0.05, 0.1) is 6.20 Å². The minimum atomic E-state index is -0.829. The van der Waals surface area contributed by atoms with Gasteiger partial charge in [0.1, 0.15) is 10.3 Å². The molecule has 0 aliphatic carbocycles. The summed E-state index contributed by atoms with van der Waals surface area (Å²) in [5.41, 5.74) is 0.578. The number of hydrogen-bond acceptors (Lipinski definition) is 6. The molecule has 2 rings (SSSR count). The first-order valence-electron chi connectivity index (χ1n) is 4.78. The lowest BCUT2D eigenvalue weighted by atomic mass is 10.3. The molecule has 2 heterocycles. The van der Waals surface area contributed by atoms with Crippen molar-refractivity contribution in [3.8, 4) is 0 Å². The van der Waals surface area contributed by atoms with Gasteiger partial charge in [-0.2, -0.15) is 0 Å². The van der Waals surface area contributed by atoms with Crippen LogP contribution >= 0.6 is 39.0 Å². The molecule has 0 saturated heterocycles. The van der Waals surface area contributed by atoms with E-state index >= 15 is 0 Å². The monoisotopic (exact) mass is 333 g/mol. The number of halogens is 1. The molecule has 0 bridgehead atoms. The number of hydrogen-bond donors (Lipinski definition) is 1. The van der Waals surface area contributed by atoms with Crippen molar-refractivity contribution < 1.29 is 9.90 Å². The number of aliphatic carboxylic acids is 1. The summed E-state index contributed by atoms with van der Waals surface area (Å²) in [7, 11) is 0. The molecule has 0 aliphatic heterocycles. The highest BCUT2D eigenvalue weighted by atomic mass is 79.9. The van der Waals surface area contributed by atoms with Gasteiger partial charge >= 0.3 is 5.97 Å². The number of carbonyl (C=O) groups is 1. The van der Waals surface area contributed by atoms with Gasteiger partial charge in [0, 0.05) is 0 Å². The number of aromatic nitrogens is 3. The van der Waals surface area contributed by atoms with Gasteiger partial charge in [-0.05, 0) is 22.4 Å². The molecule has 0 radical (unpaired) electrons. The zero-order valence-corrected chi connectivity index (χ0v) is 12.0. The van der Waals surface area contributed by atoms with Crippen LogP contribution in [-0.2, 0) is 4.79 Å². The smallest absolute Gasteiger partial charge is 0.317 e. The van der Waals surface area contributed by atoms with Gasteiger partial charge in [-0.15, -0.1) is 0 Å². The van der Waals surface area contributed by atoms with Crippen molar-refractivity contribution in [3.05, 3.63) is 10.1 Å². The summed E-state index contributed by atoms with van der Waals surface area (Å²) in [5, 5.41) is 9.09. The molecule has 1 unspecified atom stereocenters. The molecule has 0 spiro atoms. The maximum Gasteiger partial charge on any atom is 0.317 e. The first kappa shape index (κ1) is 12.7. The summed E-state index contributed by atoms with van der Waals surface area (Å²) >= 11 is 5.86. The van der Waals surface area contributed by atoms with E-state index in [0.29, 0.717) is 21.9 Å². The van der Waals surface area contributed by atoms with Crippen LogP contribution in [0.3, 0.4) is 0 Å². The van der Waals surface area contributed by atoms with E-state index in [1.54, 1.807) is 6.20 Å². The van der Waals surface area contributed by atoms with Crippen LogP contribution in [-0.4, -0.2) is 31.3 Å². The number of thiazole rings is 1. The normalized spacial score (nSPS) is 12.8. The summed E-state index contributed by atoms with van der Waals surface area (Å²) < 4.78 is 0.722. The van der Waals surface area contributed by atoms with Crippen LogP contribution < -0.4 is 0 Å². The first-order valence-corrected chi connectivity index (χ1v) is 7.27. The maximum atomic E-state index is 10.9. The van der Waals surface area contributed by atoms with E-state index in [4.69, 9.17) is 5.11 Å². The highest BCUT2D eigenvalue weighted by molar-refractivity contribution is 9.11. The average molecular weight is 334 g/mol. The molecule has 0 aromatic carbocycles. The molecular formula is C9H8BrN3O2S2. The second-order valence-electron chi connectivity index (χ2n) is 3.16. The van der Waals surface area contributed by atoms with E-state index in [-0.39, 0.29) is 0 Å². The van der Waals surface area contributed by atoms with Crippen LogP contribution in [0, 0.1) is 0 Å². The van der Waals surface area contributed by atoms with E-state index in [1.807, 2.05) is 6.92 Å². The summed E-state index contributed by atoms with van der Waals surface area (Å²) in [5.74, 6) is -0.829. The fourth-order valence-corrected chi connectivity index (χ4v) is 3.32. The molecule has 2 aromatic rings. The third-order valence-corrected chi connectivity index (χ3v) is 4.63. The third kappa shape index (κ3) is 2.93. The Balaban J connectivity index is 2.26. The summed E-state index contributed by atoms with van der Waals surface area (Å²) in [4.78, 5) is 24.2. The largest absolute Gasteiger partial charge is 0.480 e. The zero-order valence-electron chi connectivity index (χ0n) is 8.75. The van der Waals surface area contributed by atoms with Gasteiger partial charge < -0.3 is 5.11 Å². The van der Waals surface area contributed by atoms with Crippen molar-refractivity contribution in [1.29, 1.82) is 0 Å². The van der Waals surface area contributed by atoms with Crippen molar-refractivity contribution in [2.75, 3.05) is 0 Å². The lowest BCUT2D eigenvalue weighted by molar-refractivity contribution is -0.136. The molecule has 8 heteroatoms. The third-order valence-electron chi connectivity index (χ3n) is 1.98. The Hall–Kier alpha value is -0.730. The minimum absolute atomic E-state index is 0.488. The molecule has 2 aromatic heterocycles. The van der Waals surface area contributed by atoms with Crippen molar-refractivity contribution in [3.63, 3.8) is 0 Å². The number of fused-ring (bicyclic) bond motifs is 1. The number of carboxylic acid groups (broad SMARTS) is 1. The summed E-state index contributed by atoms with van der Waals surface area (Å²) in [6.45, 7) is 1.83. The molecule has 90 valence electrons. The number of carboxylic acids is 1. The quantitative estimate of drug-likeness (QED) is 0.867. The van der Waals surface area contributed by atoms with E-state index in [1.165, 1.54) is 23.1 Å². The van der Waals surface area contributed by atoms with Crippen LogP contribution in [0.1, 0.15) is 13.3 Å². The highest BCUT2D eigenvalue weighted by Crippen LogP contribution is 2.28. The first-order chi connectivity index (χ1) is 8.10. The number of nitrogens with zero attached hydrogens (tertiary/aromatic N) is 3. The Morgan fingerprint density at radius 1 is 1.65 bits per heavy atom. The van der Waals surface area contributed by atoms with Crippen molar-refractivity contribution in [1.82, 2.24) is 15.0 Å². The van der Waals surface area contributed by atoms with Gasteiger partial charge in [-0.3, -0.25) is 4.79 Å². The van der Waals surface area contributed by atoms with Crippen LogP contribution in [0.15, 0.2) is 15.1 Å². The molecule has 0 amide bonds. The van der Waals surface area contributed by atoms with Crippen molar-refractivity contribution >= 4 is 55.5 Å². The van der Waals surface area contributed by atoms with Gasteiger partial charge in [0.25, 0.3) is 0 Å². The Morgan fingerprint density at radius 3 is 3.06 bits per heavy atom. The molecule has 0 saturated carbocycles. The van der Waals surface area contributed by atoms with Gasteiger partial charge in [0.2, 0.25) is 0 Å². The standard InChI is InChI=1S/C9H8BrN3O2S2/c1-2-4(8(14)15)16-5-3-11-6-7(12-5)17-9(10)13-6/h3-4H,2H2,1H3,(H,14,15). The average Bonchev–Trinajstić information content (AvgIpc) is 2.64. The number of thioether (sulfide) groups is 1. The van der Waals surface area contributed by atoms with Gasteiger partial charge in [-0.25, -0.2) is 15.0 Å². The lowest BCUT2D eigenvalue weighted by Crippen LogP contribution is -2.14. The SMILES string of the molecule is CCC(Sc1cnc2nc(Br)sc2n1)C(=O)O. The van der Waals surface area contributed by atoms with E-state index in [9.17, 15) is 4.79 Å². The van der Waals surface area contributed by atoms with Gasteiger partial charge in [-0.1, -0.05) is 30.0 Å². The summed E-state index contributed by atoms with van der Waals surface area (Å²) in [6.07, 6.45) is 2.11. The van der Waals surface area contributed by atoms with Crippen molar-refractivity contribution in [2.24, 2.45) is 0 Å². The minimum Gasteiger partial charge on any atom is -0.480 e. The van der Waals surface area contributed by atoms with E-state index in [0.717, 1.165) is 3.92 Å². The Kier molecular flexibility index (Phi) is 3.95. The fraction of sp³-hybridized carbons (Fsp3) is 0.333. The maximum absolute atomic E-state index is 10.9. The highest BCUT2D eigenvalue weighted by Gasteiger charge is 2.18. The Morgan fingerprint density at radius 2 is 2.41 bits per heavy atom. The van der Waals surface area contributed by atoms with Crippen LogP contribution in [0.25, 0.3) is 10.5 Å². The van der Waals surface area contributed by atoms with Crippen molar-refractivity contribution in [2.45, 2.75) is 23.6 Å². The van der Waals surface area contributed by atoms with Crippen LogP contribution in [0.5, 0.6) is 0 Å². The van der Waals surface area contributed by atoms with Crippen LogP contribution in [0.2, 0.25) is 0 Å². The second kappa shape index (κ2) is 5.28. The molecule has 1 atom stereocenters. The van der Waals surface area contributed by atoms with E-state index < -0.39 is 11.2 Å². The molecule has 17 heavy (non-hydrogen) atoms. The Bertz CT molecular complexity index is 560. The fourth-order valence-electron chi connectivity index (χ4n) is 1.19. The lowest BCUT2D eigenvalue weighted by Gasteiger charge is -2.07. The predicted octanol–water partition coefficient (Wildman–Crippen LogP) is 2.80. The molecule has 5 nitrogen and oxygen atoms in total. The second-order valence-corrected chi connectivity index (χ2v) is 6.63.